The summed E-state index contributed by atoms with van der Waals surface area (Å²) in [4.78, 5) is 13.1. The minimum absolute atomic E-state index is 0.119. The Morgan fingerprint density at radius 3 is 2.41 bits per heavy atom. The maximum Gasteiger partial charge on any atom is 0.240 e. The Bertz CT molecular complexity index is 859. The van der Waals surface area contributed by atoms with Crippen LogP contribution in [0.1, 0.15) is 6.42 Å². The zero-order valence-electron chi connectivity index (χ0n) is 14.7. The van der Waals surface area contributed by atoms with E-state index in [1.807, 2.05) is 0 Å². The first kappa shape index (κ1) is 20.3. The summed E-state index contributed by atoms with van der Waals surface area (Å²) in [5.74, 6) is 0.756. The Morgan fingerprint density at radius 1 is 1.04 bits per heavy atom. The second kappa shape index (κ2) is 9.16. The number of nitrogens with zero attached hydrogens (tertiary/aromatic N) is 4. The lowest BCUT2D eigenvalue weighted by molar-refractivity contribution is 0.254. The summed E-state index contributed by atoms with van der Waals surface area (Å²) in [5.41, 5.74) is 0. The summed E-state index contributed by atoms with van der Waals surface area (Å²) in [6.45, 7) is 4.71. The largest absolute Gasteiger partial charge is 0.338 e. The highest BCUT2D eigenvalue weighted by molar-refractivity contribution is 7.89. The number of hydrogen-bond donors (Lipinski definition) is 1. The zero-order valence-corrected chi connectivity index (χ0v) is 17.0. The van der Waals surface area contributed by atoms with E-state index in [1.54, 1.807) is 18.5 Å². The lowest BCUT2D eigenvalue weighted by Gasteiger charge is -2.34. The first-order chi connectivity index (χ1) is 13.0. The van der Waals surface area contributed by atoms with E-state index in [4.69, 9.17) is 23.2 Å². The molecule has 2 aromatic rings. The molecule has 0 unspecified atom stereocenters. The lowest BCUT2D eigenvalue weighted by Crippen LogP contribution is -2.47. The van der Waals surface area contributed by atoms with Gasteiger partial charge in [0.25, 0.3) is 0 Å². The molecule has 0 bridgehead atoms. The number of halogens is 2. The van der Waals surface area contributed by atoms with E-state index in [0.29, 0.717) is 11.6 Å². The van der Waals surface area contributed by atoms with Crippen LogP contribution >= 0.6 is 23.2 Å². The summed E-state index contributed by atoms with van der Waals surface area (Å²) in [5, 5.41) is 0.551. The molecule has 27 heavy (non-hydrogen) atoms. The van der Waals surface area contributed by atoms with Gasteiger partial charge in [-0.3, -0.25) is 4.90 Å². The van der Waals surface area contributed by atoms with Crippen LogP contribution in [0, 0.1) is 0 Å². The third kappa shape index (κ3) is 5.52. The van der Waals surface area contributed by atoms with E-state index in [1.165, 1.54) is 18.2 Å². The van der Waals surface area contributed by atoms with Crippen LogP contribution < -0.4 is 9.62 Å². The van der Waals surface area contributed by atoms with Gasteiger partial charge in [-0.15, -0.1) is 0 Å². The number of rotatable bonds is 7. The van der Waals surface area contributed by atoms with Crippen LogP contribution in [0.2, 0.25) is 10.0 Å². The molecule has 0 aliphatic carbocycles. The van der Waals surface area contributed by atoms with E-state index < -0.39 is 10.0 Å². The van der Waals surface area contributed by atoms with Crippen molar-refractivity contribution >= 4 is 39.2 Å². The van der Waals surface area contributed by atoms with Crippen molar-refractivity contribution in [1.82, 2.24) is 19.6 Å². The predicted octanol–water partition coefficient (Wildman–Crippen LogP) is 2.27. The van der Waals surface area contributed by atoms with Gasteiger partial charge in [-0.05, 0) is 37.2 Å². The van der Waals surface area contributed by atoms with Crippen molar-refractivity contribution in [2.75, 3.05) is 44.2 Å². The monoisotopic (exact) mass is 429 g/mol. The van der Waals surface area contributed by atoms with Gasteiger partial charge in [0.15, 0.2) is 0 Å². The van der Waals surface area contributed by atoms with Crippen molar-refractivity contribution in [3.63, 3.8) is 0 Å². The van der Waals surface area contributed by atoms with Gasteiger partial charge >= 0.3 is 0 Å². The van der Waals surface area contributed by atoms with Crippen LogP contribution in [0.4, 0.5) is 5.95 Å². The van der Waals surface area contributed by atoms with Gasteiger partial charge in [0.1, 0.15) is 0 Å². The number of aromatic nitrogens is 2. The second-order valence-electron chi connectivity index (χ2n) is 6.20. The van der Waals surface area contributed by atoms with E-state index in [2.05, 4.69) is 24.5 Å². The number of nitrogens with one attached hydrogen (secondary N) is 1. The fraction of sp³-hybridized carbons (Fsp3) is 0.412. The number of piperazine rings is 1. The number of anilines is 1. The van der Waals surface area contributed by atoms with Crippen LogP contribution in [0.15, 0.2) is 41.6 Å². The van der Waals surface area contributed by atoms with Gasteiger partial charge in [-0.1, -0.05) is 23.2 Å². The van der Waals surface area contributed by atoms with Gasteiger partial charge in [0, 0.05) is 45.1 Å². The van der Waals surface area contributed by atoms with E-state index in [-0.39, 0.29) is 9.92 Å². The summed E-state index contributed by atoms with van der Waals surface area (Å²) in [7, 11) is -3.58. The van der Waals surface area contributed by atoms with Gasteiger partial charge in [-0.2, -0.15) is 0 Å². The minimum Gasteiger partial charge on any atom is -0.338 e. The molecule has 0 spiro atoms. The molecule has 3 rings (SSSR count). The van der Waals surface area contributed by atoms with Gasteiger partial charge in [0.05, 0.1) is 14.9 Å². The third-order valence-corrected chi connectivity index (χ3v) is 6.55. The van der Waals surface area contributed by atoms with Crippen molar-refractivity contribution < 1.29 is 8.42 Å². The maximum absolute atomic E-state index is 12.3. The summed E-state index contributed by atoms with van der Waals surface area (Å²) in [6, 6.07) is 6.09. The molecule has 1 N–H and O–H groups in total. The molecular weight excluding hydrogens is 409 g/mol. The molecule has 2 heterocycles. The van der Waals surface area contributed by atoms with Gasteiger partial charge in [0.2, 0.25) is 16.0 Å². The van der Waals surface area contributed by atoms with Gasteiger partial charge in [-0.25, -0.2) is 23.1 Å². The fourth-order valence-electron chi connectivity index (χ4n) is 2.86. The molecule has 146 valence electrons. The zero-order chi connectivity index (χ0) is 19.3. The average molecular weight is 430 g/mol. The quantitative estimate of drug-likeness (QED) is 0.680. The number of hydrogen-bond acceptors (Lipinski definition) is 6. The molecule has 1 aromatic carbocycles. The molecule has 0 saturated carbocycles. The Labute approximate surface area is 169 Å². The van der Waals surface area contributed by atoms with E-state index in [0.717, 1.165) is 45.1 Å². The highest BCUT2D eigenvalue weighted by Crippen LogP contribution is 2.24. The number of sulfonamides is 1. The van der Waals surface area contributed by atoms with E-state index >= 15 is 0 Å². The molecule has 0 radical (unpaired) electrons. The van der Waals surface area contributed by atoms with Crippen molar-refractivity contribution in [2.45, 2.75) is 11.3 Å². The molecule has 1 saturated heterocycles. The molecule has 1 aromatic heterocycles. The maximum atomic E-state index is 12.3. The Morgan fingerprint density at radius 2 is 1.74 bits per heavy atom. The second-order valence-corrected chi connectivity index (χ2v) is 8.79. The Balaban J connectivity index is 1.41. The fourth-order valence-corrected chi connectivity index (χ4v) is 4.33. The number of benzene rings is 1. The molecule has 1 fully saturated rings. The standard InChI is InChI=1S/C17H21Cl2N5O2S/c18-15-4-3-14(13-16(15)19)27(25,26)22-7-2-8-23-9-11-24(12-10-23)17-20-5-1-6-21-17/h1,3-6,13,22H,2,7-12H2. The molecule has 1 aliphatic rings. The van der Waals surface area contributed by atoms with Crippen molar-refractivity contribution in [1.29, 1.82) is 0 Å². The first-order valence-corrected chi connectivity index (χ1v) is 10.9. The van der Waals surface area contributed by atoms with Crippen molar-refractivity contribution in [2.24, 2.45) is 0 Å². The van der Waals surface area contributed by atoms with Crippen LogP contribution in [-0.4, -0.2) is 62.6 Å². The highest BCUT2D eigenvalue weighted by Gasteiger charge is 2.19. The SMILES string of the molecule is O=S(=O)(NCCCN1CCN(c2ncccn2)CC1)c1ccc(Cl)c(Cl)c1. The summed E-state index contributed by atoms with van der Waals surface area (Å²) < 4.78 is 27.2. The molecule has 0 atom stereocenters. The Kier molecular flexibility index (Phi) is 6.88. The summed E-state index contributed by atoms with van der Waals surface area (Å²) >= 11 is 11.7. The van der Waals surface area contributed by atoms with Crippen LogP contribution in [0.3, 0.4) is 0 Å². The highest BCUT2D eigenvalue weighted by atomic mass is 35.5. The minimum atomic E-state index is -3.58. The summed E-state index contributed by atoms with van der Waals surface area (Å²) in [6.07, 6.45) is 4.21. The van der Waals surface area contributed by atoms with Gasteiger partial charge < -0.3 is 4.90 Å². The van der Waals surface area contributed by atoms with Crippen LogP contribution in [0.5, 0.6) is 0 Å². The first-order valence-electron chi connectivity index (χ1n) is 8.65. The molecular formula is C17H21Cl2N5O2S. The van der Waals surface area contributed by atoms with Crippen molar-refractivity contribution in [3.8, 4) is 0 Å². The third-order valence-electron chi connectivity index (χ3n) is 4.35. The Hall–Kier alpha value is -1.45. The smallest absolute Gasteiger partial charge is 0.240 e. The average Bonchev–Trinajstić information content (AvgIpc) is 2.68. The predicted molar refractivity (Wildman–Crippen MR) is 107 cm³/mol. The lowest BCUT2D eigenvalue weighted by atomic mass is 10.3. The van der Waals surface area contributed by atoms with Crippen LogP contribution in [-0.2, 0) is 10.0 Å². The molecule has 7 nitrogen and oxygen atoms in total. The van der Waals surface area contributed by atoms with E-state index in [9.17, 15) is 8.42 Å². The topological polar surface area (TPSA) is 78.4 Å². The molecule has 0 amide bonds. The molecule has 1 aliphatic heterocycles. The molecule has 10 heteroatoms. The van der Waals surface area contributed by atoms with Crippen LogP contribution in [0.25, 0.3) is 0 Å². The van der Waals surface area contributed by atoms with Crippen molar-refractivity contribution in [3.05, 3.63) is 46.7 Å². The normalized spacial score (nSPS) is 15.9.